The van der Waals surface area contributed by atoms with E-state index in [1.807, 2.05) is 37.3 Å². The summed E-state index contributed by atoms with van der Waals surface area (Å²) in [5, 5.41) is 6.29. The Hall–Kier alpha value is -2.22. The first-order chi connectivity index (χ1) is 12.1. The molecular formula is C19H19IN2O3. The number of benzene rings is 2. The summed E-state index contributed by atoms with van der Waals surface area (Å²) in [4.78, 5) is 12.6. The van der Waals surface area contributed by atoms with Gasteiger partial charge in [-0.3, -0.25) is 4.79 Å². The summed E-state index contributed by atoms with van der Waals surface area (Å²) in [6, 6.07) is 11.7. The van der Waals surface area contributed by atoms with E-state index in [9.17, 15) is 4.79 Å². The Morgan fingerprint density at radius 2 is 1.76 bits per heavy atom. The van der Waals surface area contributed by atoms with Crippen LogP contribution in [0.15, 0.2) is 42.1 Å². The molecule has 1 aliphatic heterocycles. The van der Waals surface area contributed by atoms with E-state index in [1.54, 1.807) is 20.3 Å². The van der Waals surface area contributed by atoms with Gasteiger partial charge in [-0.2, -0.15) is 0 Å². The van der Waals surface area contributed by atoms with Gasteiger partial charge < -0.3 is 20.1 Å². The molecule has 0 saturated carbocycles. The van der Waals surface area contributed by atoms with E-state index in [2.05, 4.69) is 33.2 Å². The van der Waals surface area contributed by atoms with Gasteiger partial charge in [0, 0.05) is 26.6 Å². The van der Waals surface area contributed by atoms with Gasteiger partial charge >= 0.3 is 0 Å². The fourth-order valence-electron chi connectivity index (χ4n) is 2.83. The van der Waals surface area contributed by atoms with Crippen LogP contribution in [0, 0.1) is 3.57 Å². The van der Waals surface area contributed by atoms with E-state index in [1.165, 1.54) is 0 Å². The summed E-state index contributed by atoms with van der Waals surface area (Å²) in [6.45, 7) is 2.02. The molecule has 0 spiro atoms. The van der Waals surface area contributed by atoms with Crippen molar-refractivity contribution in [3.63, 3.8) is 0 Å². The number of ether oxygens (including phenoxy) is 2. The number of carbonyl (C=O) groups is 1. The topological polar surface area (TPSA) is 59.6 Å². The minimum atomic E-state index is -0.125. The maximum absolute atomic E-state index is 12.6. The van der Waals surface area contributed by atoms with Gasteiger partial charge in [0.1, 0.15) is 0 Å². The largest absolute Gasteiger partial charge is 0.493 e. The lowest BCUT2D eigenvalue weighted by molar-refractivity contribution is -0.110. The van der Waals surface area contributed by atoms with Crippen molar-refractivity contribution in [1.29, 1.82) is 0 Å². The first-order valence-electron chi connectivity index (χ1n) is 7.90. The molecule has 2 aromatic rings. The van der Waals surface area contributed by atoms with Crippen LogP contribution in [0.3, 0.4) is 0 Å². The number of halogens is 1. The molecule has 1 amide bonds. The second-order valence-corrected chi connectivity index (χ2v) is 6.79. The molecule has 0 unspecified atom stereocenters. The Balaban J connectivity index is 2.07. The summed E-state index contributed by atoms with van der Waals surface area (Å²) < 4.78 is 11.9. The number of anilines is 2. The second kappa shape index (κ2) is 7.35. The molecule has 5 nitrogen and oxygen atoms in total. The van der Waals surface area contributed by atoms with Crippen molar-refractivity contribution in [3.05, 3.63) is 51.2 Å². The number of nitrogens with one attached hydrogen (secondary N) is 2. The van der Waals surface area contributed by atoms with Gasteiger partial charge in [0.2, 0.25) is 0 Å². The molecule has 0 aliphatic carbocycles. The summed E-state index contributed by atoms with van der Waals surface area (Å²) in [5.41, 5.74) is 4.00. The monoisotopic (exact) mass is 450 g/mol. The first kappa shape index (κ1) is 17.6. The zero-order chi connectivity index (χ0) is 18.0. The van der Waals surface area contributed by atoms with Crippen LogP contribution < -0.4 is 20.1 Å². The van der Waals surface area contributed by atoms with Crippen LogP contribution in [0.25, 0.3) is 5.57 Å². The smallest absolute Gasteiger partial charge is 0.258 e. The number of allylic oxidation sites excluding steroid dienone is 1. The maximum atomic E-state index is 12.6. The van der Waals surface area contributed by atoms with Gasteiger partial charge in [-0.1, -0.05) is 6.92 Å². The highest BCUT2D eigenvalue weighted by atomic mass is 127. The molecule has 0 radical (unpaired) electrons. The fraction of sp³-hybridized carbons (Fsp3) is 0.211. The SMILES string of the molecule is CCC(Nc1ccc(I)cc1)=C1C(=O)Nc2cc(OC)c(OC)cc21. The Morgan fingerprint density at radius 3 is 2.36 bits per heavy atom. The maximum Gasteiger partial charge on any atom is 0.258 e. The van der Waals surface area contributed by atoms with E-state index in [4.69, 9.17) is 9.47 Å². The molecule has 25 heavy (non-hydrogen) atoms. The van der Waals surface area contributed by atoms with Crippen molar-refractivity contribution in [3.8, 4) is 11.5 Å². The average molecular weight is 450 g/mol. The number of hydrogen-bond acceptors (Lipinski definition) is 4. The summed E-state index contributed by atoms with van der Waals surface area (Å²) in [5.74, 6) is 1.06. The highest BCUT2D eigenvalue weighted by Gasteiger charge is 2.29. The third kappa shape index (κ3) is 3.44. The Kier molecular flexibility index (Phi) is 5.17. The van der Waals surface area contributed by atoms with Gasteiger partial charge in [0.15, 0.2) is 11.5 Å². The second-order valence-electron chi connectivity index (χ2n) is 5.55. The van der Waals surface area contributed by atoms with Crippen molar-refractivity contribution in [1.82, 2.24) is 0 Å². The summed E-state index contributed by atoms with van der Waals surface area (Å²) in [7, 11) is 3.16. The van der Waals surface area contributed by atoms with Crippen LogP contribution in [-0.4, -0.2) is 20.1 Å². The van der Waals surface area contributed by atoms with Crippen molar-refractivity contribution in [2.45, 2.75) is 13.3 Å². The van der Waals surface area contributed by atoms with E-state index in [0.717, 1.165) is 26.2 Å². The number of rotatable bonds is 5. The van der Waals surface area contributed by atoms with E-state index < -0.39 is 0 Å². The molecule has 0 aromatic heterocycles. The van der Waals surface area contributed by atoms with Crippen LogP contribution in [-0.2, 0) is 4.79 Å². The van der Waals surface area contributed by atoms with Crippen LogP contribution >= 0.6 is 22.6 Å². The molecule has 6 heteroatoms. The van der Waals surface area contributed by atoms with Gasteiger partial charge in [-0.05, 0) is 59.3 Å². The van der Waals surface area contributed by atoms with Gasteiger partial charge in [0.25, 0.3) is 5.91 Å². The molecule has 0 atom stereocenters. The molecule has 2 N–H and O–H groups in total. The minimum absolute atomic E-state index is 0.125. The summed E-state index contributed by atoms with van der Waals surface area (Å²) in [6.07, 6.45) is 0.697. The number of fused-ring (bicyclic) bond motifs is 1. The number of methoxy groups -OCH3 is 2. The van der Waals surface area contributed by atoms with Crippen LogP contribution in [0.5, 0.6) is 11.5 Å². The Labute approximate surface area is 160 Å². The van der Waals surface area contributed by atoms with E-state index in [-0.39, 0.29) is 5.91 Å². The zero-order valence-corrected chi connectivity index (χ0v) is 16.4. The van der Waals surface area contributed by atoms with Crippen molar-refractivity contribution >= 4 is 45.4 Å². The minimum Gasteiger partial charge on any atom is -0.493 e. The fourth-order valence-corrected chi connectivity index (χ4v) is 3.19. The van der Waals surface area contributed by atoms with Crippen LogP contribution in [0.2, 0.25) is 0 Å². The predicted octanol–water partition coefficient (Wildman–Crippen LogP) is 4.49. The Bertz CT molecular complexity index is 844. The van der Waals surface area contributed by atoms with Crippen LogP contribution in [0.1, 0.15) is 18.9 Å². The highest BCUT2D eigenvalue weighted by molar-refractivity contribution is 14.1. The van der Waals surface area contributed by atoms with Gasteiger partial charge in [0.05, 0.1) is 25.5 Å². The molecule has 0 bridgehead atoms. The number of amides is 1. The van der Waals surface area contributed by atoms with Crippen molar-refractivity contribution < 1.29 is 14.3 Å². The predicted molar refractivity (Wildman–Crippen MR) is 108 cm³/mol. The van der Waals surface area contributed by atoms with Gasteiger partial charge in [-0.15, -0.1) is 0 Å². The lowest BCUT2D eigenvalue weighted by Crippen LogP contribution is -2.10. The molecule has 0 fully saturated rings. The van der Waals surface area contributed by atoms with Gasteiger partial charge in [-0.25, -0.2) is 0 Å². The molecule has 3 rings (SSSR count). The van der Waals surface area contributed by atoms with E-state index in [0.29, 0.717) is 23.5 Å². The molecule has 2 aromatic carbocycles. The first-order valence-corrected chi connectivity index (χ1v) is 8.98. The lowest BCUT2D eigenvalue weighted by Gasteiger charge is -2.13. The Morgan fingerprint density at radius 1 is 1.12 bits per heavy atom. The average Bonchev–Trinajstić information content (AvgIpc) is 2.94. The van der Waals surface area contributed by atoms with Crippen LogP contribution in [0.4, 0.5) is 11.4 Å². The molecule has 1 aliphatic rings. The quantitative estimate of drug-likeness (QED) is 0.521. The summed E-state index contributed by atoms with van der Waals surface area (Å²) >= 11 is 2.27. The van der Waals surface area contributed by atoms with Crippen molar-refractivity contribution in [2.75, 3.05) is 24.9 Å². The number of hydrogen-bond donors (Lipinski definition) is 2. The normalized spacial score (nSPS) is 14.6. The molecule has 0 saturated heterocycles. The molecule has 1 heterocycles. The lowest BCUT2D eigenvalue weighted by atomic mass is 10.0. The molecular weight excluding hydrogens is 431 g/mol. The third-order valence-corrected chi connectivity index (χ3v) is 4.78. The van der Waals surface area contributed by atoms with E-state index >= 15 is 0 Å². The molecule has 130 valence electrons. The van der Waals surface area contributed by atoms with Crippen molar-refractivity contribution in [2.24, 2.45) is 0 Å². The third-order valence-electron chi connectivity index (χ3n) is 4.06. The standard InChI is InChI=1S/C19H19IN2O3/c1-4-14(21-12-7-5-11(20)6-8-12)18-13-9-16(24-2)17(25-3)10-15(13)22-19(18)23/h5-10,21H,4H2,1-3H3,(H,22,23). The highest BCUT2D eigenvalue weighted by Crippen LogP contribution is 2.42. The number of carbonyl (C=O) groups excluding carboxylic acids is 1. The zero-order valence-electron chi connectivity index (χ0n) is 14.3.